The van der Waals surface area contributed by atoms with Gasteiger partial charge in [-0.3, -0.25) is 9.89 Å². The van der Waals surface area contributed by atoms with Crippen LogP contribution in [0.2, 0.25) is 5.15 Å². The number of β-lactam (4-membered cyclic amide) rings is 1. The van der Waals surface area contributed by atoms with Gasteiger partial charge in [-0.15, -0.1) is 0 Å². The normalized spacial score (nSPS) is 25.2. The van der Waals surface area contributed by atoms with Gasteiger partial charge in [0, 0.05) is 11.5 Å². The third-order valence-corrected chi connectivity index (χ3v) is 8.99. The summed E-state index contributed by atoms with van der Waals surface area (Å²) in [5.74, 6) is 1.38. The van der Waals surface area contributed by atoms with Crippen LogP contribution >= 0.6 is 11.6 Å². The number of aromatic amines is 1. The van der Waals surface area contributed by atoms with Crippen LogP contribution in [-0.4, -0.2) is 31.6 Å². The average Bonchev–Trinajstić information content (AvgIpc) is 3.40. The molecule has 2 aliphatic rings. The summed E-state index contributed by atoms with van der Waals surface area (Å²) < 4.78 is 8.56. The number of nitriles is 1. The number of benzene rings is 1. The van der Waals surface area contributed by atoms with Crippen molar-refractivity contribution in [3.05, 3.63) is 51.4 Å². The average molecular weight is 522 g/mol. The Morgan fingerprint density at radius 2 is 2.05 bits per heavy atom. The summed E-state index contributed by atoms with van der Waals surface area (Å²) in [6.45, 7) is 8.13. The molecule has 8 heteroatoms. The third-order valence-electron chi connectivity index (χ3n) is 8.54. The van der Waals surface area contributed by atoms with Gasteiger partial charge in [-0.2, -0.15) is 5.26 Å². The predicted octanol–water partition coefficient (Wildman–Crippen LogP) is 6.43. The molecule has 0 radical (unpaired) electrons. The Bertz CT molecular complexity index is 1390. The Morgan fingerprint density at radius 1 is 1.24 bits per heavy atom. The highest BCUT2D eigenvalue weighted by Gasteiger charge is 2.71. The maximum Gasteiger partial charge on any atom is 0.267 e. The van der Waals surface area contributed by atoms with Gasteiger partial charge in [-0.25, -0.2) is 9.50 Å². The highest BCUT2D eigenvalue weighted by Crippen LogP contribution is 2.55. The summed E-state index contributed by atoms with van der Waals surface area (Å²) in [5.41, 5.74) is 2.36. The number of fused-ring (bicyclic) bond motifs is 1. The standard InChI is InChI=1S/C29H36ClN5O2/c1-5-6-7-9-15-29(37-23-13-12-18(2)16-19(23)3)27(36)33-28(29)14-10-8-11-22(28)25-32-26-21(17-31)20(4)24(30)35(26)34-25/h12-13,16,22H,5-11,14-15H2,1-4H3,(H,32,34)(H,33,36). The zero-order valence-electron chi connectivity index (χ0n) is 22.2. The SMILES string of the molecule is CCCCCCC1(Oc2ccc(C)cc2C)C(=O)NC12CCCCC2c1nc2c(C#N)c(C)c(Cl)n2[nH]1. The van der Waals surface area contributed by atoms with E-state index in [0.29, 0.717) is 28.3 Å². The van der Waals surface area contributed by atoms with Gasteiger partial charge in [0.05, 0.1) is 5.54 Å². The Balaban J connectivity index is 1.60. The van der Waals surface area contributed by atoms with Crippen molar-refractivity contribution in [1.29, 1.82) is 5.26 Å². The molecule has 1 amide bonds. The van der Waals surface area contributed by atoms with Crippen LogP contribution in [0.15, 0.2) is 18.2 Å². The fourth-order valence-electron chi connectivity index (χ4n) is 6.54. The summed E-state index contributed by atoms with van der Waals surface area (Å²) >= 11 is 6.56. The highest BCUT2D eigenvalue weighted by atomic mass is 35.5. The van der Waals surface area contributed by atoms with Crippen molar-refractivity contribution in [3.8, 4) is 11.8 Å². The minimum atomic E-state index is -0.981. The largest absolute Gasteiger partial charge is 0.475 e. The van der Waals surface area contributed by atoms with Crippen molar-refractivity contribution < 1.29 is 9.53 Å². The lowest BCUT2D eigenvalue weighted by Crippen LogP contribution is -2.85. The first kappa shape index (κ1) is 25.7. The first-order valence-corrected chi connectivity index (χ1v) is 13.9. The van der Waals surface area contributed by atoms with Crippen LogP contribution in [-0.2, 0) is 4.79 Å². The smallest absolute Gasteiger partial charge is 0.267 e. The number of carbonyl (C=O) groups is 1. The lowest BCUT2D eigenvalue weighted by molar-refractivity contribution is -0.180. The van der Waals surface area contributed by atoms with Gasteiger partial charge < -0.3 is 10.1 Å². The van der Waals surface area contributed by atoms with Crippen molar-refractivity contribution in [1.82, 2.24) is 19.9 Å². The molecular weight excluding hydrogens is 486 g/mol. The van der Waals surface area contributed by atoms with Gasteiger partial charge in [-0.05, 0) is 58.1 Å². The molecule has 2 fully saturated rings. The van der Waals surface area contributed by atoms with Crippen molar-refractivity contribution >= 4 is 23.2 Å². The van der Waals surface area contributed by atoms with Crippen molar-refractivity contribution in [2.24, 2.45) is 0 Å². The van der Waals surface area contributed by atoms with Crippen molar-refractivity contribution in [2.45, 2.75) is 103 Å². The lowest BCUT2D eigenvalue weighted by Gasteiger charge is -2.62. The maximum absolute atomic E-state index is 13.6. The Hall–Kier alpha value is -2.98. The molecule has 0 bridgehead atoms. The van der Waals surface area contributed by atoms with Gasteiger partial charge in [0.25, 0.3) is 5.91 Å². The third kappa shape index (κ3) is 3.92. The van der Waals surface area contributed by atoms with Gasteiger partial charge >= 0.3 is 0 Å². The molecule has 3 unspecified atom stereocenters. The number of H-pyrrole nitrogens is 1. The molecule has 1 spiro atoms. The second-order valence-corrected chi connectivity index (χ2v) is 11.3. The minimum absolute atomic E-state index is 0.0410. The van der Waals surface area contributed by atoms with Gasteiger partial charge in [0.1, 0.15) is 28.4 Å². The van der Waals surface area contributed by atoms with E-state index in [0.717, 1.165) is 74.1 Å². The van der Waals surface area contributed by atoms with E-state index in [1.165, 1.54) is 0 Å². The summed E-state index contributed by atoms with van der Waals surface area (Å²) in [6.07, 6.45) is 8.63. The summed E-state index contributed by atoms with van der Waals surface area (Å²) in [6, 6.07) is 8.39. The quantitative estimate of drug-likeness (QED) is 0.264. The molecule has 37 heavy (non-hydrogen) atoms. The van der Waals surface area contributed by atoms with Crippen LogP contribution in [0.3, 0.4) is 0 Å². The second-order valence-electron chi connectivity index (χ2n) is 10.9. The summed E-state index contributed by atoms with van der Waals surface area (Å²) in [5, 5.41) is 16.9. The highest BCUT2D eigenvalue weighted by molar-refractivity contribution is 6.31. The number of aryl methyl sites for hydroxylation is 2. The van der Waals surface area contributed by atoms with Crippen LogP contribution in [0.1, 0.15) is 98.7 Å². The van der Waals surface area contributed by atoms with E-state index in [2.05, 4.69) is 36.4 Å². The van der Waals surface area contributed by atoms with E-state index in [1.54, 1.807) is 4.52 Å². The van der Waals surface area contributed by atoms with Gasteiger partial charge in [0.15, 0.2) is 5.65 Å². The molecule has 1 aliphatic heterocycles. The fraction of sp³-hybridized carbons (Fsp3) is 0.552. The van der Waals surface area contributed by atoms with Crippen molar-refractivity contribution in [3.63, 3.8) is 0 Å². The van der Waals surface area contributed by atoms with Crippen LogP contribution < -0.4 is 10.1 Å². The molecule has 1 aliphatic carbocycles. The number of nitrogens with one attached hydrogen (secondary N) is 2. The number of halogens is 1. The van der Waals surface area contributed by atoms with E-state index in [9.17, 15) is 10.1 Å². The molecule has 3 aromatic rings. The molecule has 2 N–H and O–H groups in total. The number of carbonyl (C=O) groups excluding carboxylic acids is 1. The Labute approximate surface area is 223 Å². The van der Waals surface area contributed by atoms with E-state index in [4.69, 9.17) is 21.3 Å². The number of amides is 1. The fourth-order valence-corrected chi connectivity index (χ4v) is 6.76. The van der Waals surface area contributed by atoms with E-state index >= 15 is 0 Å². The van der Waals surface area contributed by atoms with Gasteiger partial charge in [0.2, 0.25) is 5.60 Å². The van der Waals surface area contributed by atoms with Crippen LogP contribution in [0.25, 0.3) is 5.65 Å². The molecule has 5 rings (SSSR count). The molecule has 1 saturated heterocycles. The van der Waals surface area contributed by atoms with Crippen LogP contribution in [0, 0.1) is 32.1 Å². The van der Waals surface area contributed by atoms with E-state index < -0.39 is 11.1 Å². The molecule has 7 nitrogen and oxygen atoms in total. The molecule has 3 heterocycles. The van der Waals surface area contributed by atoms with Crippen LogP contribution in [0.5, 0.6) is 5.75 Å². The molecule has 196 valence electrons. The minimum Gasteiger partial charge on any atom is -0.475 e. The predicted molar refractivity (Wildman–Crippen MR) is 144 cm³/mol. The first-order chi connectivity index (χ1) is 17.8. The molecule has 1 aromatic carbocycles. The lowest BCUT2D eigenvalue weighted by atomic mass is 9.56. The topological polar surface area (TPSA) is 95.2 Å². The number of aromatic nitrogens is 3. The second kappa shape index (κ2) is 9.72. The number of unbranched alkanes of at least 4 members (excludes halogenated alkanes) is 3. The maximum atomic E-state index is 13.6. The zero-order valence-corrected chi connectivity index (χ0v) is 23.0. The van der Waals surface area contributed by atoms with Crippen LogP contribution in [0.4, 0.5) is 0 Å². The number of hydrogen-bond acceptors (Lipinski definition) is 4. The summed E-state index contributed by atoms with van der Waals surface area (Å²) in [4.78, 5) is 18.5. The first-order valence-electron chi connectivity index (χ1n) is 13.5. The number of ether oxygens (including phenoxy) is 1. The molecule has 3 atom stereocenters. The monoisotopic (exact) mass is 521 g/mol. The number of rotatable bonds is 8. The van der Waals surface area contributed by atoms with E-state index in [1.807, 2.05) is 26.0 Å². The molecular formula is C29H36ClN5O2. The summed E-state index contributed by atoms with van der Waals surface area (Å²) in [7, 11) is 0. The molecule has 1 saturated carbocycles. The Kier molecular flexibility index (Phi) is 6.74. The van der Waals surface area contributed by atoms with E-state index in [-0.39, 0.29) is 11.8 Å². The molecule has 2 aromatic heterocycles. The number of nitrogens with zero attached hydrogens (tertiary/aromatic N) is 3. The number of hydrogen-bond donors (Lipinski definition) is 2. The Morgan fingerprint density at radius 3 is 2.76 bits per heavy atom. The zero-order chi connectivity index (χ0) is 26.4. The van der Waals surface area contributed by atoms with Crippen molar-refractivity contribution in [2.75, 3.05) is 0 Å². The van der Waals surface area contributed by atoms with Gasteiger partial charge in [-0.1, -0.05) is 68.3 Å².